The van der Waals surface area contributed by atoms with Crippen molar-refractivity contribution in [3.8, 4) is 0 Å². The summed E-state index contributed by atoms with van der Waals surface area (Å²) in [5.41, 5.74) is 10.2. The summed E-state index contributed by atoms with van der Waals surface area (Å²) >= 11 is 0. The van der Waals surface area contributed by atoms with Gasteiger partial charge in [0.25, 0.3) is 0 Å². The molecular formula is C38H44N2O2+2. The standard InChI is InChI=1S/C38H44N2O2/c1-25-28-19-29(35(2,3)4)21-31(25)32(26-11-15-39(9)16-12-26)22-30-23-38(36(5,6)7)24-34(37(30,8)41-42-38)33(20-28)27-13-17-40(10)18-14-27/h11-24H,1-10H3/q+2/b32-22-,33-20?/t37?,38-/m1/s1. The molecule has 4 heterocycles. The molecule has 1 aromatic carbocycles. The van der Waals surface area contributed by atoms with Crippen molar-refractivity contribution in [3.63, 3.8) is 0 Å². The van der Waals surface area contributed by atoms with Gasteiger partial charge in [-0.25, -0.2) is 18.9 Å². The molecule has 0 spiro atoms. The largest absolute Gasteiger partial charge is 0.220 e. The summed E-state index contributed by atoms with van der Waals surface area (Å²) in [7, 11) is 4.12. The maximum Gasteiger partial charge on any atom is 0.169 e. The number of hydrogen-bond acceptors (Lipinski definition) is 2. The number of rotatable bonds is 2. The van der Waals surface area contributed by atoms with Crippen LogP contribution in [0.3, 0.4) is 0 Å². The van der Waals surface area contributed by atoms with E-state index in [0.29, 0.717) is 0 Å². The molecule has 2 aromatic heterocycles. The molecule has 0 saturated heterocycles. The van der Waals surface area contributed by atoms with Gasteiger partial charge in [0.2, 0.25) is 0 Å². The summed E-state index contributed by atoms with van der Waals surface area (Å²) in [4.78, 5) is 12.8. The van der Waals surface area contributed by atoms with E-state index in [1.807, 2.05) is 0 Å². The van der Waals surface area contributed by atoms with Crippen molar-refractivity contribution in [3.05, 3.63) is 124 Å². The third kappa shape index (κ3) is 4.53. The van der Waals surface area contributed by atoms with Crippen LogP contribution in [0.2, 0.25) is 0 Å². The van der Waals surface area contributed by atoms with Gasteiger partial charge in [-0.05, 0) is 99.2 Å². The minimum Gasteiger partial charge on any atom is -0.220 e. The summed E-state index contributed by atoms with van der Waals surface area (Å²) in [5.74, 6) is 0. The number of fused-ring (bicyclic) bond motifs is 3. The Morgan fingerprint density at radius 3 is 1.83 bits per heavy atom. The molecule has 0 amide bonds. The van der Waals surface area contributed by atoms with E-state index in [2.05, 4.69) is 164 Å². The van der Waals surface area contributed by atoms with Crippen LogP contribution >= 0.6 is 0 Å². The molecule has 0 radical (unpaired) electrons. The predicted molar refractivity (Wildman–Crippen MR) is 169 cm³/mol. The SMILES string of the molecule is Cc1c2cc(C(C)(C)C)cc1/C(c1cc[n+](C)cc1)=C\C1=C[C@]3(C(C)(C)C)C=C(C(c4cc[n+](C)cc4)=C2)C1(C)OO3. The van der Waals surface area contributed by atoms with E-state index in [9.17, 15) is 0 Å². The zero-order chi connectivity index (χ0) is 30.2. The highest BCUT2D eigenvalue weighted by molar-refractivity contribution is 5.97. The Bertz CT molecular complexity index is 1710. The lowest BCUT2D eigenvalue weighted by Gasteiger charge is -2.52. The van der Waals surface area contributed by atoms with Gasteiger partial charge in [0.15, 0.2) is 30.4 Å². The molecule has 4 nitrogen and oxygen atoms in total. The van der Waals surface area contributed by atoms with Gasteiger partial charge in [-0.1, -0.05) is 53.7 Å². The van der Waals surface area contributed by atoms with E-state index < -0.39 is 11.2 Å². The average Bonchev–Trinajstić information content (AvgIpc) is 2.91. The van der Waals surface area contributed by atoms with Gasteiger partial charge >= 0.3 is 0 Å². The Morgan fingerprint density at radius 1 is 0.714 bits per heavy atom. The minimum atomic E-state index is -0.793. The maximum atomic E-state index is 6.51. The van der Waals surface area contributed by atoms with Crippen LogP contribution in [0.1, 0.15) is 81.8 Å². The highest BCUT2D eigenvalue weighted by Gasteiger charge is 2.56. The fourth-order valence-corrected chi connectivity index (χ4v) is 6.19. The first kappa shape index (κ1) is 28.5. The van der Waals surface area contributed by atoms with E-state index in [-0.39, 0.29) is 10.8 Å². The monoisotopic (exact) mass is 560 g/mol. The molecule has 7 rings (SSSR count). The molecule has 6 bridgehead atoms. The molecule has 0 N–H and O–H groups in total. The Hall–Kier alpha value is -3.60. The summed E-state index contributed by atoms with van der Waals surface area (Å²) < 4.78 is 4.16. The first-order valence-corrected chi connectivity index (χ1v) is 15.0. The number of aromatic nitrogens is 2. The third-order valence-electron chi connectivity index (χ3n) is 9.38. The van der Waals surface area contributed by atoms with Gasteiger partial charge in [-0.3, -0.25) is 0 Å². The number of benzene rings is 1. The van der Waals surface area contributed by atoms with Gasteiger partial charge in [-0.15, -0.1) is 0 Å². The first-order valence-electron chi connectivity index (χ1n) is 15.0. The summed E-state index contributed by atoms with van der Waals surface area (Å²) in [6, 6.07) is 13.6. The fourth-order valence-electron chi connectivity index (χ4n) is 6.19. The van der Waals surface area contributed by atoms with Crippen LogP contribution in [0.5, 0.6) is 0 Å². The van der Waals surface area contributed by atoms with Crippen molar-refractivity contribution >= 4 is 17.2 Å². The first-order chi connectivity index (χ1) is 19.6. The zero-order valence-electron chi connectivity index (χ0n) is 26.8. The highest BCUT2D eigenvalue weighted by Crippen LogP contribution is 2.56. The summed E-state index contributed by atoms with van der Waals surface area (Å²) in [5, 5.41) is 0. The van der Waals surface area contributed by atoms with E-state index >= 15 is 0 Å². The molecule has 42 heavy (non-hydrogen) atoms. The lowest BCUT2D eigenvalue weighted by Crippen LogP contribution is -2.55. The van der Waals surface area contributed by atoms with E-state index in [0.717, 1.165) is 22.3 Å². The predicted octanol–water partition coefficient (Wildman–Crippen LogP) is 7.30. The Balaban J connectivity index is 1.77. The quantitative estimate of drug-likeness (QED) is 0.243. The van der Waals surface area contributed by atoms with Crippen LogP contribution < -0.4 is 9.13 Å². The van der Waals surface area contributed by atoms with Crippen LogP contribution in [-0.2, 0) is 29.3 Å². The van der Waals surface area contributed by atoms with Gasteiger partial charge < -0.3 is 0 Å². The lowest BCUT2D eigenvalue weighted by atomic mass is 9.64. The van der Waals surface area contributed by atoms with Gasteiger partial charge in [0, 0.05) is 29.7 Å². The van der Waals surface area contributed by atoms with Crippen LogP contribution in [0.4, 0.5) is 0 Å². The molecule has 4 aliphatic rings. The second kappa shape index (κ2) is 9.45. The number of aryl methyl sites for hydroxylation is 2. The van der Waals surface area contributed by atoms with Crippen molar-refractivity contribution in [2.75, 3.05) is 0 Å². The van der Waals surface area contributed by atoms with Crippen molar-refractivity contribution in [2.24, 2.45) is 19.5 Å². The molecule has 0 saturated carbocycles. The molecule has 3 aromatic rings. The third-order valence-corrected chi connectivity index (χ3v) is 9.38. The van der Waals surface area contributed by atoms with E-state index in [4.69, 9.17) is 9.78 Å². The molecule has 1 unspecified atom stereocenters. The van der Waals surface area contributed by atoms with Gasteiger partial charge in [0.1, 0.15) is 19.7 Å². The Labute approximate surface area is 251 Å². The van der Waals surface area contributed by atoms with Crippen LogP contribution in [0.15, 0.2) is 90.6 Å². The van der Waals surface area contributed by atoms with Crippen molar-refractivity contribution in [2.45, 2.75) is 72.0 Å². The number of nitrogens with zero attached hydrogens (tertiary/aromatic N) is 2. The van der Waals surface area contributed by atoms with Crippen molar-refractivity contribution in [1.82, 2.24) is 0 Å². The zero-order valence-corrected chi connectivity index (χ0v) is 26.8. The lowest BCUT2D eigenvalue weighted by molar-refractivity contribution is -0.671. The molecule has 216 valence electrons. The van der Waals surface area contributed by atoms with E-state index in [1.54, 1.807) is 0 Å². The summed E-state index contributed by atoms with van der Waals surface area (Å²) in [6.45, 7) is 17.9. The molecule has 4 heteroatoms. The second-order valence-electron chi connectivity index (χ2n) is 14.5. The molecule has 2 aliphatic heterocycles. The van der Waals surface area contributed by atoms with Crippen LogP contribution in [0, 0.1) is 12.3 Å². The minimum absolute atomic E-state index is 0.0171. The Kier molecular flexibility index (Phi) is 6.42. The fraction of sp³-hybridized carbons (Fsp3) is 0.368. The summed E-state index contributed by atoms with van der Waals surface area (Å²) in [6.07, 6.45) is 17.8. The van der Waals surface area contributed by atoms with Crippen molar-refractivity contribution in [1.29, 1.82) is 0 Å². The van der Waals surface area contributed by atoms with E-state index in [1.165, 1.54) is 33.4 Å². The smallest absolute Gasteiger partial charge is 0.169 e. The number of hydrogen-bond donors (Lipinski definition) is 0. The Morgan fingerprint density at radius 2 is 1.29 bits per heavy atom. The van der Waals surface area contributed by atoms with Crippen LogP contribution in [0.25, 0.3) is 17.2 Å². The topological polar surface area (TPSA) is 26.2 Å². The number of pyridine rings is 2. The van der Waals surface area contributed by atoms with Crippen LogP contribution in [-0.4, -0.2) is 11.2 Å². The van der Waals surface area contributed by atoms with Crippen molar-refractivity contribution < 1.29 is 18.9 Å². The normalized spacial score (nSPS) is 24.8. The molecule has 2 aliphatic carbocycles. The molecule has 0 fully saturated rings. The average molecular weight is 561 g/mol. The van der Waals surface area contributed by atoms with Gasteiger partial charge in [0.05, 0.1) is 0 Å². The molecule has 2 atom stereocenters. The molecular weight excluding hydrogens is 516 g/mol. The maximum absolute atomic E-state index is 6.51. The van der Waals surface area contributed by atoms with Gasteiger partial charge in [-0.2, -0.15) is 0 Å². The highest BCUT2D eigenvalue weighted by atomic mass is 17.2. The second-order valence-corrected chi connectivity index (χ2v) is 14.5.